The molecule has 0 aromatic heterocycles. The molecule has 0 spiro atoms. The SMILES string of the molecule is CCCCCC(Cc1cccc(F)c1Cl)NCC. The van der Waals surface area contributed by atoms with Gasteiger partial charge in [-0.3, -0.25) is 0 Å². The molecule has 1 aromatic rings. The van der Waals surface area contributed by atoms with Crippen LogP contribution < -0.4 is 5.32 Å². The molecule has 1 rings (SSSR count). The standard InChI is InChI=1S/C15H23ClFN/c1-3-5-6-9-13(18-4-2)11-12-8-7-10-14(17)15(12)16/h7-8,10,13,18H,3-6,9,11H2,1-2H3. The predicted octanol–water partition coefficient (Wildman–Crippen LogP) is 4.58. The van der Waals surface area contributed by atoms with E-state index in [4.69, 9.17) is 11.6 Å². The van der Waals surface area contributed by atoms with Gasteiger partial charge in [-0.25, -0.2) is 4.39 Å². The van der Waals surface area contributed by atoms with Crippen molar-refractivity contribution in [2.75, 3.05) is 6.54 Å². The maximum absolute atomic E-state index is 13.4. The number of hydrogen-bond acceptors (Lipinski definition) is 1. The summed E-state index contributed by atoms with van der Waals surface area (Å²) in [6, 6.07) is 5.44. The number of unbranched alkanes of at least 4 members (excludes halogenated alkanes) is 2. The van der Waals surface area contributed by atoms with Crippen molar-refractivity contribution in [3.63, 3.8) is 0 Å². The molecule has 0 fully saturated rings. The first-order valence-electron chi connectivity index (χ1n) is 6.85. The van der Waals surface area contributed by atoms with E-state index in [0.29, 0.717) is 6.04 Å². The Morgan fingerprint density at radius 3 is 2.72 bits per heavy atom. The lowest BCUT2D eigenvalue weighted by Crippen LogP contribution is -2.31. The minimum Gasteiger partial charge on any atom is -0.314 e. The molecule has 0 amide bonds. The Balaban J connectivity index is 2.61. The molecule has 1 aromatic carbocycles. The van der Waals surface area contributed by atoms with E-state index in [1.165, 1.54) is 25.3 Å². The lowest BCUT2D eigenvalue weighted by Gasteiger charge is -2.18. The van der Waals surface area contributed by atoms with E-state index in [-0.39, 0.29) is 10.8 Å². The van der Waals surface area contributed by atoms with Crippen LogP contribution in [-0.2, 0) is 6.42 Å². The van der Waals surface area contributed by atoms with Gasteiger partial charge in [-0.2, -0.15) is 0 Å². The highest BCUT2D eigenvalue weighted by molar-refractivity contribution is 6.31. The molecule has 18 heavy (non-hydrogen) atoms. The highest BCUT2D eigenvalue weighted by Gasteiger charge is 2.12. The van der Waals surface area contributed by atoms with E-state index in [0.717, 1.165) is 24.9 Å². The van der Waals surface area contributed by atoms with Crippen molar-refractivity contribution in [2.45, 2.75) is 52.0 Å². The maximum Gasteiger partial charge on any atom is 0.142 e. The van der Waals surface area contributed by atoms with Gasteiger partial charge in [0.1, 0.15) is 5.82 Å². The second-order valence-corrected chi connectivity index (χ2v) is 5.05. The summed E-state index contributed by atoms with van der Waals surface area (Å²) in [5.74, 6) is -0.321. The first kappa shape index (κ1) is 15.5. The molecule has 0 radical (unpaired) electrons. The molecule has 0 aliphatic heterocycles. The van der Waals surface area contributed by atoms with Gasteiger partial charge in [0.05, 0.1) is 5.02 Å². The van der Waals surface area contributed by atoms with Crippen LogP contribution in [0.1, 0.15) is 45.1 Å². The van der Waals surface area contributed by atoms with E-state index >= 15 is 0 Å². The van der Waals surface area contributed by atoms with E-state index in [1.54, 1.807) is 6.07 Å². The Bertz CT molecular complexity index is 354. The van der Waals surface area contributed by atoms with E-state index in [1.807, 2.05) is 6.07 Å². The summed E-state index contributed by atoms with van der Waals surface area (Å²) < 4.78 is 13.4. The molecular formula is C15H23ClFN. The van der Waals surface area contributed by atoms with E-state index in [9.17, 15) is 4.39 Å². The summed E-state index contributed by atoms with van der Waals surface area (Å²) in [4.78, 5) is 0. The summed E-state index contributed by atoms with van der Waals surface area (Å²) in [5, 5.41) is 3.73. The lowest BCUT2D eigenvalue weighted by molar-refractivity contribution is 0.466. The monoisotopic (exact) mass is 271 g/mol. The fourth-order valence-electron chi connectivity index (χ4n) is 2.18. The molecule has 1 atom stereocenters. The number of rotatable bonds is 8. The second kappa shape index (κ2) is 8.49. The zero-order valence-electron chi connectivity index (χ0n) is 11.3. The molecule has 3 heteroatoms. The third-order valence-electron chi connectivity index (χ3n) is 3.15. The summed E-state index contributed by atoms with van der Waals surface area (Å²) in [6.45, 7) is 5.23. The fraction of sp³-hybridized carbons (Fsp3) is 0.600. The highest BCUT2D eigenvalue weighted by atomic mass is 35.5. The smallest absolute Gasteiger partial charge is 0.142 e. The number of likely N-dealkylation sites (N-methyl/N-ethyl adjacent to an activating group) is 1. The third kappa shape index (κ3) is 4.95. The first-order chi connectivity index (χ1) is 8.69. The normalized spacial score (nSPS) is 12.7. The van der Waals surface area contributed by atoms with Crippen molar-refractivity contribution in [3.8, 4) is 0 Å². The fourth-order valence-corrected chi connectivity index (χ4v) is 2.38. The number of benzene rings is 1. The van der Waals surface area contributed by atoms with Gasteiger partial charge in [0.2, 0.25) is 0 Å². The van der Waals surface area contributed by atoms with Gasteiger partial charge in [-0.15, -0.1) is 0 Å². The average Bonchev–Trinajstić information content (AvgIpc) is 2.35. The number of halogens is 2. The quantitative estimate of drug-likeness (QED) is 0.683. The largest absolute Gasteiger partial charge is 0.314 e. The molecule has 0 aliphatic rings. The van der Waals surface area contributed by atoms with Gasteiger partial charge in [0, 0.05) is 6.04 Å². The van der Waals surface area contributed by atoms with Crippen LogP contribution in [0.25, 0.3) is 0 Å². The third-order valence-corrected chi connectivity index (χ3v) is 3.57. The van der Waals surface area contributed by atoms with Crippen molar-refractivity contribution < 1.29 is 4.39 Å². The molecule has 0 saturated heterocycles. The molecule has 1 N–H and O–H groups in total. The summed E-state index contributed by atoms with van der Waals surface area (Å²) >= 11 is 6.00. The van der Waals surface area contributed by atoms with Crippen LogP contribution in [0.3, 0.4) is 0 Å². The van der Waals surface area contributed by atoms with Crippen molar-refractivity contribution in [1.29, 1.82) is 0 Å². The van der Waals surface area contributed by atoms with Crippen molar-refractivity contribution in [2.24, 2.45) is 0 Å². The Kier molecular flexibility index (Phi) is 7.29. The van der Waals surface area contributed by atoms with Crippen LogP contribution >= 0.6 is 11.6 Å². The van der Waals surface area contributed by atoms with Crippen LogP contribution in [0.4, 0.5) is 4.39 Å². The first-order valence-corrected chi connectivity index (χ1v) is 7.23. The van der Waals surface area contributed by atoms with Crippen molar-refractivity contribution in [1.82, 2.24) is 5.32 Å². The maximum atomic E-state index is 13.4. The lowest BCUT2D eigenvalue weighted by atomic mass is 10.00. The molecule has 1 nitrogen and oxygen atoms in total. The topological polar surface area (TPSA) is 12.0 Å². The summed E-state index contributed by atoms with van der Waals surface area (Å²) in [5.41, 5.74) is 0.902. The number of hydrogen-bond donors (Lipinski definition) is 1. The van der Waals surface area contributed by atoms with Crippen molar-refractivity contribution >= 4 is 11.6 Å². The molecule has 0 heterocycles. The minimum atomic E-state index is -0.321. The van der Waals surface area contributed by atoms with Gasteiger partial charge < -0.3 is 5.32 Å². The molecular weight excluding hydrogens is 249 g/mol. The second-order valence-electron chi connectivity index (χ2n) is 4.67. The number of nitrogens with one attached hydrogen (secondary N) is 1. The van der Waals surface area contributed by atoms with Crippen molar-refractivity contribution in [3.05, 3.63) is 34.6 Å². The molecule has 0 aliphatic carbocycles. The molecule has 0 saturated carbocycles. The van der Waals surface area contributed by atoms with Gasteiger partial charge >= 0.3 is 0 Å². The predicted molar refractivity (Wildman–Crippen MR) is 76.7 cm³/mol. The van der Waals surface area contributed by atoms with Crippen LogP contribution in [0.2, 0.25) is 5.02 Å². The van der Waals surface area contributed by atoms with Crippen LogP contribution in [0.5, 0.6) is 0 Å². The van der Waals surface area contributed by atoms with E-state index < -0.39 is 0 Å². The van der Waals surface area contributed by atoms with Crippen LogP contribution in [0.15, 0.2) is 18.2 Å². The Hall–Kier alpha value is -0.600. The van der Waals surface area contributed by atoms with E-state index in [2.05, 4.69) is 19.2 Å². The molecule has 0 bridgehead atoms. The Morgan fingerprint density at radius 1 is 1.28 bits per heavy atom. The molecule has 1 unspecified atom stereocenters. The molecule has 102 valence electrons. The highest BCUT2D eigenvalue weighted by Crippen LogP contribution is 2.22. The zero-order valence-corrected chi connectivity index (χ0v) is 12.1. The van der Waals surface area contributed by atoms with Crippen LogP contribution in [0, 0.1) is 5.82 Å². The summed E-state index contributed by atoms with van der Waals surface area (Å²) in [6.07, 6.45) is 5.60. The van der Waals surface area contributed by atoms with Gasteiger partial charge in [0.15, 0.2) is 0 Å². The van der Waals surface area contributed by atoms with Gasteiger partial charge in [0.25, 0.3) is 0 Å². The Morgan fingerprint density at radius 2 is 2.06 bits per heavy atom. The van der Waals surface area contributed by atoms with Crippen LogP contribution in [-0.4, -0.2) is 12.6 Å². The minimum absolute atomic E-state index is 0.274. The zero-order chi connectivity index (χ0) is 13.4. The van der Waals surface area contributed by atoms with Gasteiger partial charge in [-0.05, 0) is 31.0 Å². The van der Waals surface area contributed by atoms with Gasteiger partial charge in [-0.1, -0.05) is 56.8 Å². The Labute approximate surface area is 115 Å². The summed E-state index contributed by atoms with van der Waals surface area (Å²) in [7, 11) is 0. The average molecular weight is 272 g/mol.